The Kier molecular flexibility index (Phi) is 4.79. The molecule has 1 saturated heterocycles. The summed E-state index contributed by atoms with van der Waals surface area (Å²) in [6, 6.07) is 9.96. The van der Waals surface area contributed by atoms with Crippen LogP contribution in [0.5, 0.6) is 5.75 Å². The van der Waals surface area contributed by atoms with E-state index in [2.05, 4.69) is 4.90 Å². The molecule has 1 atom stereocenters. The van der Waals surface area contributed by atoms with Gasteiger partial charge < -0.3 is 4.74 Å². The fourth-order valence-corrected chi connectivity index (χ4v) is 4.01. The normalized spacial score (nSPS) is 17.0. The summed E-state index contributed by atoms with van der Waals surface area (Å²) in [5, 5.41) is 11.6. The Morgan fingerprint density at radius 1 is 1.24 bits per heavy atom. The van der Waals surface area contributed by atoms with Crippen molar-refractivity contribution >= 4 is 16.6 Å². The molecule has 3 aromatic rings. The average Bonchev–Trinajstić information content (AvgIpc) is 3.14. The first-order valence-electron chi connectivity index (χ1n) is 9.47. The van der Waals surface area contributed by atoms with Crippen LogP contribution in [0.25, 0.3) is 16.6 Å². The molecule has 0 N–H and O–H groups in total. The number of benzene rings is 2. The highest BCUT2D eigenvalue weighted by Crippen LogP contribution is 2.32. The highest BCUT2D eigenvalue weighted by molar-refractivity contribution is 5.84. The van der Waals surface area contributed by atoms with Gasteiger partial charge in [0, 0.05) is 12.1 Å². The van der Waals surface area contributed by atoms with E-state index < -0.39 is 4.92 Å². The lowest BCUT2D eigenvalue weighted by Gasteiger charge is -2.23. The molecule has 1 aliphatic heterocycles. The van der Waals surface area contributed by atoms with Crippen molar-refractivity contribution in [2.24, 2.45) is 0 Å². The molecule has 2 aromatic carbocycles. The molecule has 0 amide bonds. The van der Waals surface area contributed by atoms with Crippen LogP contribution < -0.4 is 10.3 Å². The number of hydrogen-bond donors (Lipinski definition) is 0. The van der Waals surface area contributed by atoms with Gasteiger partial charge in [-0.25, -0.2) is 4.98 Å². The number of ether oxygens (including phenoxy) is 1. The van der Waals surface area contributed by atoms with E-state index in [1.54, 1.807) is 42.9 Å². The summed E-state index contributed by atoms with van der Waals surface area (Å²) in [6.07, 6.45) is 1.92. The SMILES string of the molecule is COc1ccc(-n2c([C@@H]3CCCN3C)nc3c(C)cc([N+](=O)[O-])cc3c2=O)cc1. The second-order valence-electron chi connectivity index (χ2n) is 7.36. The number of fused-ring (bicyclic) bond motifs is 1. The van der Waals surface area contributed by atoms with Gasteiger partial charge >= 0.3 is 0 Å². The Labute approximate surface area is 167 Å². The van der Waals surface area contributed by atoms with E-state index in [9.17, 15) is 14.9 Å². The minimum Gasteiger partial charge on any atom is -0.497 e. The van der Waals surface area contributed by atoms with Crippen molar-refractivity contribution in [3.05, 3.63) is 68.3 Å². The highest BCUT2D eigenvalue weighted by atomic mass is 16.6. The molecule has 2 heterocycles. The van der Waals surface area contributed by atoms with E-state index in [1.807, 2.05) is 7.05 Å². The minimum absolute atomic E-state index is 0.00351. The number of methoxy groups -OCH3 is 1. The highest BCUT2D eigenvalue weighted by Gasteiger charge is 2.29. The molecule has 0 saturated carbocycles. The zero-order valence-electron chi connectivity index (χ0n) is 16.6. The number of nitro benzene ring substituents is 1. The number of aryl methyl sites for hydroxylation is 1. The number of hydrogen-bond acceptors (Lipinski definition) is 6. The third-order valence-corrected chi connectivity index (χ3v) is 5.53. The molecule has 1 aliphatic rings. The lowest BCUT2D eigenvalue weighted by atomic mass is 10.1. The van der Waals surface area contributed by atoms with Gasteiger partial charge in [0.05, 0.1) is 34.7 Å². The Balaban J connectivity index is 2.05. The van der Waals surface area contributed by atoms with Gasteiger partial charge in [0.25, 0.3) is 11.2 Å². The number of likely N-dealkylation sites (tertiary alicyclic amines) is 1. The van der Waals surface area contributed by atoms with E-state index >= 15 is 0 Å². The van der Waals surface area contributed by atoms with Gasteiger partial charge in [0.2, 0.25) is 0 Å². The lowest BCUT2D eigenvalue weighted by Crippen LogP contribution is -2.30. The Morgan fingerprint density at radius 3 is 2.55 bits per heavy atom. The van der Waals surface area contributed by atoms with Crippen molar-refractivity contribution in [1.82, 2.24) is 14.5 Å². The molecule has 0 bridgehead atoms. The predicted molar refractivity (Wildman–Crippen MR) is 110 cm³/mol. The van der Waals surface area contributed by atoms with Crippen LogP contribution in [0, 0.1) is 17.0 Å². The van der Waals surface area contributed by atoms with Crippen molar-refractivity contribution in [1.29, 1.82) is 0 Å². The molecule has 29 heavy (non-hydrogen) atoms. The summed E-state index contributed by atoms with van der Waals surface area (Å²) in [5.41, 5.74) is 1.38. The molecule has 8 heteroatoms. The number of nitrogens with zero attached hydrogens (tertiary/aromatic N) is 4. The monoisotopic (exact) mass is 394 g/mol. The van der Waals surface area contributed by atoms with E-state index in [4.69, 9.17) is 9.72 Å². The molecule has 1 aromatic heterocycles. The van der Waals surface area contributed by atoms with Gasteiger partial charge in [-0.2, -0.15) is 0 Å². The van der Waals surface area contributed by atoms with Gasteiger partial charge in [-0.05, 0) is 63.2 Å². The summed E-state index contributed by atoms with van der Waals surface area (Å²) in [4.78, 5) is 31.4. The number of nitro groups is 1. The van der Waals surface area contributed by atoms with Crippen molar-refractivity contribution in [2.45, 2.75) is 25.8 Å². The lowest BCUT2D eigenvalue weighted by molar-refractivity contribution is -0.384. The summed E-state index contributed by atoms with van der Waals surface area (Å²) in [6.45, 7) is 2.68. The number of non-ortho nitro benzene ring substituents is 1. The van der Waals surface area contributed by atoms with Crippen molar-refractivity contribution < 1.29 is 9.66 Å². The van der Waals surface area contributed by atoms with Crippen LogP contribution in [-0.2, 0) is 0 Å². The summed E-state index contributed by atoms with van der Waals surface area (Å²) >= 11 is 0. The standard InChI is InChI=1S/C21H22N4O4/c1-13-11-15(25(27)28)12-17-19(13)22-20(18-5-4-10-23(18)2)24(21(17)26)14-6-8-16(29-3)9-7-14/h6-9,11-12,18H,4-5,10H2,1-3H3/t18-/m0/s1. The molecule has 8 nitrogen and oxygen atoms in total. The maximum absolute atomic E-state index is 13.5. The van der Waals surface area contributed by atoms with Crippen LogP contribution >= 0.6 is 0 Å². The van der Waals surface area contributed by atoms with Crippen LogP contribution in [0.4, 0.5) is 5.69 Å². The van der Waals surface area contributed by atoms with Crippen LogP contribution in [0.2, 0.25) is 0 Å². The van der Waals surface area contributed by atoms with E-state index in [0.29, 0.717) is 28.3 Å². The quantitative estimate of drug-likeness (QED) is 0.498. The zero-order chi connectivity index (χ0) is 20.7. The summed E-state index contributed by atoms with van der Waals surface area (Å²) in [5.74, 6) is 1.34. The van der Waals surface area contributed by atoms with E-state index in [-0.39, 0.29) is 22.7 Å². The topological polar surface area (TPSA) is 90.5 Å². The van der Waals surface area contributed by atoms with Crippen LogP contribution in [0.3, 0.4) is 0 Å². The molecule has 0 unspecified atom stereocenters. The molecule has 150 valence electrons. The summed E-state index contributed by atoms with van der Waals surface area (Å²) in [7, 11) is 3.61. The van der Waals surface area contributed by atoms with Gasteiger partial charge in [-0.1, -0.05) is 0 Å². The third-order valence-electron chi connectivity index (χ3n) is 5.53. The van der Waals surface area contributed by atoms with Crippen LogP contribution in [-0.4, -0.2) is 40.1 Å². The second kappa shape index (κ2) is 7.29. The van der Waals surface area contributed by atoms with Crippen LogP contribution in [0.15, 0.2) is 41.2 Å². The Morgan fingerprint density at radius 2 is 1.97 bits per heavy atom. The first-order chi connectivity index (χ1) is 13.9. The minimum atomic E-state index is -0.484. The van der Waals surface area contributed by atoms with Gasteiger partial charge in [-0.3, -0.25) is 24.4 Å². The molecule has 0 spiro atoms. The zero-order valence-corrected chi connectivity index (χ0v) is 16.6. The molecular formula is C21H22N4O4. The predicted octanol–water partition coefficient (Wildman–Crippen LogP) is 3.38. The van der Waals surface area contributed by atoms with E-state index in [1.165, 1.54) is 12.1 Å². The Bertz CT molecular complexity index is 1150. The molecule has 1 fully saturated rings. The maximum atomic E-state index is 13.5. The largest absolute Gasteiger partial charge is 0.497 e. The Hall–Kier alpha value is -3.26. The molecule has 0 radical (unpaired) electrons. The van der Waals surface area contributed by atoms with Gasteiger partial charge in [0.1, 0.15) is 11.6 Å². The fraction of sp³-hybridized carbons (Fsp3) is 0.333. The average molecular weight is 394 g/mol. The molecular weight excluding hydrogens is 372 g/mol. The van der Waals surface area contributed by atoms with Gasteiger partial charge in [-0.15, -0.1) is 0 Å². The first-order valence-corrected chi connectivity index (χ1v) is 9.47. The van der Waals surface area contributed by atoms with Crippen molar-refractivity contribution in [3.8, 4) is 11.4 Å². The molecule has 4 rings (SSSR count). The van der Waals surface area contributed by atoms with Gasteiger partial charge in [0.15, 0.2) is 0 Å². The summed E-state index contributed by atoms with van der Waals surface area (Å²) < 4.78 is 6.81. The maximum Gasteiger partial charge on any atom is 0.270 e. The van der Waals surface area contributed by atoms with Crippen molar-refractivity contribution in [3.63, 3.8) is 0 Å². The second-order valence-corrected chi connectivity index (χ2v) is 7.36. The first kappa shape index (κ1) is 19.1. The number of rotatable bonds is 4. The van der Waals surface area contributed by atoms with Crippen molar-refractivity contribution in [2.75, 3.05) is 20.7 Å². The van der Waals surface area contributed by atoms with E-state index in [0.717, 1.165) is 19.4 Å². The third kappa shape index (κ3) is 3.25. The molecule has 0 aliphatic carbocycles. The smallest absolute Gasteiger partial charge is 0.270 e. The number of aromatic nitrogens is 2. The fourth-order valence-electron chi connectivity index (χ4n) is 4.01. The van der Waals surface area contributed by atoms with Crippen LogP contribution in [0.1, 0.15) is 30.3 Å².